The molecular formula is C24H39N5O3. The predicted octanol–water partition coefficient (Wildman–Crippen LogP) is 2.31. The van der Waals surface area contributed by atoms with Crippen molar-refractivity contribution in [3.8, 4) is 0 Å². The average Bonchev–Trinajstić information content (AvgIpc) is 3.48. The van der Waals surface area contributed by atoms with Crippen LogP contribution in [0.2, 0.25) is 0 Å². The lowest BCUT2D eigenvalue weighted by atomic mass is 9.88. The maximum Gasteiger partial charge on any atom is 0.225 e. The zero-order chi connectivity index (χ0) is 22.3. The van der Waals surface area contributed by atoms with Gasteiger partial charge in [-0.1, -0.05) is 19.3 Å². The second-order valence-corrected chi connectivity index (χ2v) is 9.31. The lowest BCUT2D eigenvalue weighted by molar-refractivity contribution is -0.135. The predicted molar refractivity (Wildman–Crippen MR) is 125 cm³/mol. The molecule has 3 heterocycles. The number of nitrogens with one attached hydrogen (secondary N) is 2. The van der Waals surface area contributed by atoms with Crippen LogP contribution in [0.4, 0.5) is 0 Å². The van der Waals surface area contributed by atoms with E-state index in [4.69, 9.17) is 9.15 Å². The van der Waals surface area contributed by atoms with Gasteiger partial charge in [0.2, 0.25) is 5.91 Å². The van der Waals surface area contributed by atoms with E-state index in [0.29, 0.717) is 12.5 Å². The van der Waals surface area contributed by atoms with Gasteiger partial charge in [0.1, 0.15) is 11.5 Å². The van der Waals surface area contributed by atoms with Gasteiger partial charge in [-0.25, -0.2) is 0 Å². The highest BCUT2D eigenvalue weighted by Crippen LogP contribution is 2.27. The monoisotopic (exact) mass is 445 g/mol. The number of likely N-dealkylation sites (tertiary alicyclic amines) is 1. The second kappa shape index (κ2) is 11.2. The molecule has 2 saturated heterocycles. The quantitative estimate of drug-likeness (QED) is 0.517. The Kier molecular flexibility index (Phi) is 8.08. The summed E-state index contributed by atoms with van der Waals surface area (Å²) in [6, 6.07) is 4.45. The molecule has 4 rings (SSSR count). The summed E-state index contributed by atoms with van der Waals surface area (Å²) < 4.78 is 11.5. The molecule has 0 bridgehead atoms. The Balaban J connectivity index is 1.30. The fraction of sp³-hybridized carbons (Fsp3) is 0.750. The molecule has 3 fully saturated rings. The molecule has 32 heavy (non-hydrogen) atoms. The van der Waals surface area contributed by atoms with Crippen LogP contribution in [0.15, 0.2) is 21.5 Å². The van der Waals surface area contributed by atoms with Crippen molar-refractivity contribution in [2.75, 3.05) is 53.0 Å². The number of aliphatic imine (C=N–C) groups is 1. The number of hydrogen-bond donors (Lipinski definition) is 2. The van der Waals surface area contributed by atoms with Gasteiger partial charge in [-0.15, -0.1) is 0 Å². The average molecular weight is 446 g/mol. The van der Waals surface area contributed by atoms with Crippen LogP contribution >= 0.6 is 0 Å². The zero-order valence-electron chi connectivity index (χ0n) is 19.6. The number of morpholine rings is 1. The summed E-state index contributed by atoms with van der Waals surface area (Å²) in [5, 5.41) is 7.04. The molecule has 2 aliphatic heterocycles. The van der Waals surface area contributed by atoms with Gasteiger partial charge < -0.3 is 24.7 Å². The van der Waals surface area contributed by atoms with Gasteiger partial charge in [0.15, 0.2) is 5.96 Å². The molecule has 1 aromatic heterocycles. The minimum absolute atomic E-state index is 0.124. The van der Waals surface area contributed by atoms with Crippen molar-refractivity contribution in [1.82, 2.24) is 20.4 Å². The number of ether oxygens (including phenoxy) is 1. The Hall–Kier alpha value is -2.06. The molecule has 0 spiro atoms. The van der Waals surface area contributed by atoms with E-state index in [9.17, 15) is 4.79 Å². The Bertz CT molecular complexity index is 767. The van der Waals surface area contributed by atoms with E-state index in [0.717, 1.165) is 76.1 Å². The fourth-order valence-electron chi connectivity index (χ4n) is 5.20. The number of carbonyl (C=O) groups excluding carboxylic acids is 1. The Morgan fingerprint density at radius 3 is 2.62 bits per heavy atom. The zero-order valence-corrected chi connectivity index (χ0v) is 19.6. The van der Waals surface area contributed by atoms with Crippen molar-refractivity contribution < 1.29 is 13.9 Å². The van der Waals surface area contributed by atoms with Crippen LogP contribution in [0.3, 0.4) is 0 Å². The largest absolute Gasteiger partial charge is 0.465 e. The van der Waals surface area contributed by atoms with Gasteiger partial charge in [-0.3, -0.25) is 14.7 Å². The van der Waals surface area contributed by atoms with Gasteiger partial charge >= 0.3 is 0 Å². The van der Waals surface area contributed by atoms with E-state index in [1.165, 1.54) is 19.3 Å². The smallest absolute Gasteiger partial charge is 0.225 e. The van der Waals surface area contributed by atoms with E-state index >= 15 is 0 Å². The Labute approximate surface area is 191 Å². The molecule has 3 aliphatic rings. The highest BCUT2D eigenvalue weighted by atomic mass is 16.5. The standard InChI is InChI=1S/C24H39N5O3/c1-18-8-9-22(32-18)21(28-12-14-31-15-13-28)16-26-24(25-2)27-20-10-11-29(17-20)23(30)19-6-4-3-5-7-19/h8-9,19-21H,3-7,10-17H2,1-2H3,(H2,25,26,27). The van der Waals surface area contributed by atoms with Gasteiger partial charge in [0.25, 0.3) is 0 Å². The van der Waals surface area contributed by atoms with Gasteiger partial charge in [0, 0.05) is 51.7 Å². The number of guanidine groups is 1. The minimum atomic E-state index is 0.124. The lowest BCUT2D eigenvalue weighted by Gasteiger charge is -2.33. The molecule has 1 aromatic rings. The highest BCUT2D eigenvalue weighted by molar-refractivity contribution is 5.81. The summed E-state index contributed by atoms with van der Waals surface area (Å²) in [5.41, 5.74) is 0. The van der Waals surface area contributed by atoms with Crippen LogP contribution in [0.1, 0.15) is 56.1 Å². The summed E-state index contributed by atoms with van der Waals surface area (Å²) >= 11 is 0. The van der Waals surface area contributed by atoms with Crippen molar-refractivity contribution in [3.05, 3.63) is 23.7 Å². The number of hydrogen-bond acceptors (Lipinski definition) is 5. The first kappa shape index (κ1) is 23.1. The summed E-state index contributed by atoms with van der Waals surface area (Å²) in [6.07, 6.45) is 6.75. The fourth-order valence-corrected chi connectivity index (χ4v) is 5.20. The van der Waals surface area contributed by atoms with E-state index < -0.39 is 0 Å². The number of carbonyl (C=O) groups is 1. The first-order chi connectivity index (χ1) is 15.6. The molecule has 0 radical (unpaired) electrons. The van der Waals surface area contributed by atoms with Crippen molar-refractivity contribution in [2.24, 2.45) is 10.9 Å². The highest BCUT2D eigenvalue weighted by Gasteiger charge is 2.32. The maximum absolute atomic E-state index is 12.9. The third-order valence-corrected chi connectivity index (χ3v) is 7.06. The van der Waals surface area contributed by atoms with Gasteiger partial charge in [-0.2, -0.15) is 0 Å². The Morgan fingerprint density at radius 1 is 1.16 bits per heavy atom. The second-order valence-electron chi connectivity index (χ2n) is 9.31. The third kappa shape index (κ3) is 5.84. The molecular weight excluding hydrogens is 406 g/mol. The maximum atomic E-state index is 12.9. The first-order valence-corrected chi connectivity index (χ1v) is 12.3. The van der Waals surface area contributed by atoms with Crippen molar-refractivity contribution in [3.63, 3.8) is 0 Å². The molecule has 1 aliphatic carbocycles. The van der Waals surface area contributed by atoms with E-state index in [-0.39, 0.29) is 18.0 Å². The minimum Gasteiger partial charge on any atom is -0.465 e. The SMILES string of the molecule is CN=C(NCC(c1ccc(C)o1)N1CCOCC1)NC1CCN(C(=O)C2CCCCC2)C1. The molecule has 2 atom stereocenters. The van der Waals surface area contributed by atoms with Crippen molar-refractivity contribution >= 4 is 11.9 Å². The molecule has 2 unspecified atom stereocenters. The normalized spacial score (nSPS) is 24.5. The molecule has 8 nitrogen and oxygen atoms in total. The van der Waals surface area contributed by atoms with Crippen LogP contribution < -0.4 is 10.6 Å². The van der Waals surface area contributed by atoms with Crippen LogP contribution in [0.5, 0.6) is 0 Å². The number of nitrogens with zero attached hydrogens (tertiary/aromatic N) is 3. The van der Waals surface area contributed by atoms with E-state index in [1.54, 1.807) is 7.05 Å². The summed E-state index contributed by atoms with van der Waals surface area (Å²) in [4.78, 5) is 21.8. The van der Waals surface area contributed by atoms with Crippen molar-refractivity contribution in [2.45, 2.75) is 57.5 Å². The van der Waals surface area contributed by atoms with Crippen molar-refractivity contribution in [1.29, 1.82) is 0 Å². The van der Waals surface area contributed by atoms with Gasteiger partial charge in [-0.05, 0) is 38.3 Å². The Morgan fingerprint density at radius 2 is 1.94 bits per heavy atom. The molecule has 1 saturated carbocycles. The summed E-state index contributed by atoms with van der Waals surface area (Å²) in [5.74, 6) is 3.28. The van der Waals surface area contributed by atoms with Gasteiger partial charge in [0.05, 0.1) is 19.3 Å². The third-order valence-electron chi connectivity index (χ3n) is 7.06. The summed E-state index contributed by atoms with van der Waals surface area (Å²) in [7, 11) is 1.80. The first-order valence-electron chi connectivity index (χ1n) is 12.3. The lowest BCUT2D eigenvalue weighted by Crippen LogP contribution is -2.49. The molecule has 1 amide bonds. The number of rotatable bonds is 6. The van der Waals surface area contributed by atoms with Crippen LogP contribution in [0, 0.1) is 12.8 Å². The van der Waals surface area contributed by atoms with Crippen LogP contribution in [0.25, 0.3) is 0 Å². The number of furan rings is 1. The number of amides is 1. The van der Waals surface area contributed by atoms with E-state index in [1.807, 2.05) is 13.0 Å². The molecule has 178 valence electrons. The molecule has 2 N–H and O–H groups in total. The molecule has 8 heteroatoms. The number of aryl methyl sites for hydroxylation is 1. The van der Waals surface area contributed by atoms with Crippen LogP contribution in [-0.4, -0.2) is 80.7 Å². The molecule has 0 aromatic carbocycles. The summed E-state index contributed by atoms with van der Waals surface area (Å²) in [6.45, 7) is 7.55. The van der Waals surface area contributed by atoms with E-state index in [2.05, 4.69) is 31.5 Å². The van der Waals surface area contributed by atoms with Crippen LogP contribution in [-0.2, 0) is 9.53 Å². The topological polar surface area (TPSA) is 82.3 Å².